The molecule has 1 fully saturated rings. The Balaban J connectivity index is 2.12. The van der Waals surface area contributed by atoms with Crippen molar-refractivity contribution in [1.82, 2.24) is 4.90 Å². The molecule has 1 saturated carbocycles. The number of hydrogen-bond acceptors (Lipinski definition) is 3. The van der Waals surface area contributed by atoms with Crippen molar-refractivity contribution in [3.63, 3.8) is 0 Å². The average molecular weight is 276 g/mol. The van der Waals surface area contributed by atoms with Crippen LogP contribution in [0.3, 0.4) is 0 Å². The number of rotatable bonds is 7. The second-order valence-corrected chi connectivity index (χ2v) is 6.03. The van der Waals surface area contributed by atoms with Gasteiger partial charge in [-0.25, -0.2) is 0 Å². The lowest BCUT2D eigenvalue weighted by atomic mass is 9.84. The highest BCUT2D eigenvalue weighted by Gasteiger charge is 2.27. The van der Waals surface area contributed by atoms with Crippen molar-refractivity contribution < 1.29 is 4.74 Å². The third kappa shape index (κ3) is 3.53. The van der Waals surface area contributed by atoms with Crippen LogP contribution in [-0.2, 0) is 0 Å². The molecular weight excluding hydrogens is 248 g/mol. The van der Waals surface area contributed by atoms with E-state index in [1.165, 1.54) is 24.8 Å². The molecule has 0 aliphatic heterocycles. The summed E-state index contributed by atoms with van der Waals surface area (Å²) in [6.45, 7) is 3.32. The van der Waals surface area contributed by atoms with Gasteiger partial charge in [0.1, 0.15) is 5.75 Å². The van der Waals surface area contributed by atoms with Gasteiger partial charge in [0.15, 0.2) is 0 Å². The van der Waals surface area contributed by atoms with Gasteiger partial charge in [0.25, 0.3) is 0 Å². The van der Waals surface area contributed by atoms with Gasteiger partial charge in [-0.15, -0.1) is 0 Å². The second-order valence-electron chi connectivity index (χ2n) is 6.03. The van der Waals surface area contributed by atoms with Gasteiger partial charge in [-0.05, 0) is 49.9 Å². The van der Waals surface area contributed by atoms with E-state index >= 15 is 0 Å². The highest BCUT2D eigenvalue weighted by molar-refractivity contribution is 5.30. The number of benzene rings is 1. The van der Waals surface area contributed by atoms with E-state index in [2.05, 4.69) is 31.0 Å². The predicted molar refractivity (Wildman–Crippen MR) is 84.0 cm³/mol. The molecule has 1 aromatic carbocycles. The van der Waals surface area contributed by atoms with E-state index in [4.69, 9.17) is 10.5 Å². The molecule has 1 aromatic rings. The molecule has 2 N–H and O–H groups in total. The van der Waals surface area contributed by atoms with Crippen LogP contribution in [0, 0.1) is 5.92 Å². The SMILES string of the molecule is CCC(N)C(c1ccc(OC)cc1)N(C)CC1CCC1. The number of likely N-dealkylation sites (N-methyl/N-ethyl adjacent to an activating group) is 1. The number of ether oxygens (including phenoxy) is 1. The summed E-state index contributed by atoms with van der Waals surface area (Å²) in [5.41, 5.74) is 7.68. The molecular formula is C17H28N2O. The minimum Gasteiger partial charge on any atom is -0.497 e. The smallest absolute Gasteiger partial charge is 0.118 e. The lowest BCUT2D eigenvalue weighted by Crippen LogP contribution is -2.41. The van der Waals surface area contributed by atoms with E-state index in [1.807, 2.05) is 12.1 Å². The zero-order chi connectivity index (χ0) is 14.5. The van der Waals surface area contributed by atoms with Crippen LogP contribution in [0.2, 0.25) is 0 Å². The van der Waals surface area contributed by atoms with Gasteiger partial charge in [-0.2, -0.15) is 0 Å². The fourth-order valence-electron chi connectivity index (χ4n) is 3.05. The molecule has 0 heterocycles. The Kier molecular flexibility index (Phi) is 5.44. The first-order valence-electron chi connectivity index (χ1n) is 7.75. The van der Waals surface area contributed by atoms with Crippen LogP contribution in [-0.4, -0.2) is 31.6 Å². The van der Waals surface area contributed by atoms with E-state index in [1.54, 1.807) is 7.11 Å². The molecule has 0 saturated heterocycles. The zero-order valence-electron chi connectivity index (χ0n) is 13.0. The molecule has 2 atom stereocenters. The monoisotopic (exact) mass is 276 g/mol. The van der Waals surface area contributed by atoms with Crippen LogP contribution >= 0.6 is 0 Å². The summed E-state index contributed by atoms with van der Waals surface area (Å²) in [6, 6.07) is 8.83. The van der Waals surface area contributed by atoms with Crippen LogP contribution in [0.25, 0.3) is 0 Å². The number of nitrogens with two attached hydrogens (primary N) is 1. The van der Waals surface area contributed by atoms with Gasteiger partial charge < -0.3 is 10.5 Å². The summed E-state index contributed by atoms with van der Waals surface area (Å²) in [5.74, 6) is 1.77. The standard InChI is InChI=1S/C17H28N2O/c1-4-16(18)17(19(2)12-13-6-5-7-13)14-8-10-15(20-3)11-9-14/h8-11,13,16-17H,4-7,12,18H2,1-3H3. The molecule has 0 amide bonds. The van der Waals surface area contributed by atoms with Gasteiger partial charge in [0.2, 0.25) is 0 Å². The van der Waals surface area contributed by atoms with E-state index < -0.39 is 0 Å². The van der Waals surface area contributed by atoms with Gasteiger partial charge >= 0.3 is 0 Å². The summed E-state index contributed by atoms with van der Waals surface area (Å²) in [4.78, 5) is 2.44. The van der Waals surface area contributed by atoms with Crippen LogP contribution < -0.4 is 10.5 Å². The zero-order valence-corrected chi connectivity index (χ0v) is 13.0. The van der Waals surface area contributed by atoms with Crippen molar-refractivity contribution in [1.29, 1.82) is 0 Å². The molecule has 20 heavy (non-hydrogen) atoms. The van der Waals surface area contributed by atoms with Crippen molar-refractivity contribution in [2.24, 2.45) is 11.7 Å². The summed E-state index contributed by atoms with van der Waals surface area (Å²) in [7, 11) is 3.91. The third-order valence-electron chi connectivity index (χ3n) is 4.58. The first kappa shape index (κ1) is 15.3. The van der Waals surface area contributed by atoms with E-state index in [0.29, 0.717) is 6.04 Å². The minimum absolute atomic E-state index is 0.175. The number of methoxy groups -OCH3 is 1. The van der Waals surface area contributed by atoms with Crippen LogP contribution in [0.1, 0.15) is 44.2 Å². The first-order valence-corrected chi connectivity index (χ1v) is 7.75. The molecule has 0 bridgehead atoms. The lowest BCUT2D eigenvalue weighted by Gasteiger charge is -2.37. The highest BCUT2D eigenvalue weighted by atomic mass is 16.5. The summed E-state index contributed by atoms with van der Waals surface area (Å²) in [6.07, 6.45) is 5.14. The van der Waals surface area contributed by atoms with Crippen molar-refractivity contribution >= 4 is 0 Å². The fraction of sp³-hybridized carbons (Fsp3) is 0.647. The maximum absolute atomic E-state index is 6.38. The quantitative estimate of drug-likeness (QED) is 0.831. The highest BCUT2D eigenvalue weighted by Crippen LogP contribution is 2.31. The van der Waals surface area contributed by atoms with Crippen molar-refractivity contribution in [3.05, 3.63) is 29.8 Å². The van der Waals surface area contributed by atoms with Crippen molar-refractivity contribution in [3.8, 4) is 5.75 Å². The molecule has 3 nitrogen and oxygen atoms in total. The van der Waals surface area contributed by atoms with Crippen molar-refractivity contribution in [2.75, 3.05) is 20.7 Å². The molecule has 2 rings (SSSR count). The molecule has 0 spiro atoms. The Morgan fingerprint density at radius 2 is 1.95 bits per heavy atom. The van der Waals surface area contributed by atoms with Gasteiger partial charge in [-0.3, -0.25) is 4.90 Å². The summed E-state index contributed by atoms with van der Waals surface area (Å²) < 4.78 is 5.24. The Morgan fingerprint density at radius 3 is 2.40 bits per heavy atom. The van der Waals surface area contributed by atoms with Gasteiger partial charge in [0.05, 0.1) is 7.11 Å². The number of nitrogens with zero attached hydrogens (tertiary/aromatic N) is 1. The topological polar surface area (TPSA) is 38.5 Å². The predicted octanol–water partition coefficient (Wildman–Crippen LogP) is 3.21. The third-order valence-corrected chi connectivity index (χ3v) is 4.58. The lowest BCUT2D eigenvalue weighted by molar-refractivity contribution is 0.144. The second kappa shape index (κ2) is 7.09. The Labute approximate surface area is 123 Å². The van der Waals surface area contributed by atoms with Gasteiger partial charge in [0, 0.05) is 18.6 Å². The number of hydrogen-bond donors (Lipinski definition) is 1. The largest absolute Gasteiger partial charge is 0.497 e. The summed E-state index contributed by atoms with van der Waals surface area (Å²) >= 11 is 0. The first-order chi connectivity index (χ1) is 9.65. The Hall–Kier alpha value is -1.06. The molecule has 2 unspecified atom stereocenters. The molecule has 3 heteroatoms. The van der Waals surface area contributed by atoms with E-state index in [0.717, 1.165) is 24.6 Å². The molecule has 0 aromatic heterocycles. The van der Waals surface area contributed by atoms with E-state index in [9.17, 15) is 0 Å². The molecule has 1 aliphatic carbocycles. The molecule has 1 aliphatic rings. The summed E-state index contributed by atoms with van der Waals surface area (Å²) in [5, 5.41) is 0. The van der Waals surface area contributed by atoms with E-state index in [-0.39, 0.29) is 6.04 Å². The maximum atomic E-state index is 6.38. The minimum atomic E-state index is 0.175. The van der Waals surface area contributed by atoms with Gasteiger partial charge in [-0.1, -0.05) is 25.5 Å². The normalized spacial score (nSPS) is 18.6. The fourth-order valence-corrected chi connectivity index (χ4v) is 3.05. The average Bonchev–Trinajstić information content (AvgIpc) is 2.43. The molecule has 0 radical (unpaired) electrons. The van der Waals surface area contributed by atoms with Crippen molar-refractivity contribution in [2.45, 2.75) is 44.7 Å². The van der Waals surface area contributed by atoms with Crippen LogP contribution in [0.5, 0.6) is 5.75 Å². The Bertz CT molecular complexity index is 400. The Morgan fingerprint density at radius 1 is 1.30 bits per heavy atom. The van der Waals surface area contributed by atoms with Crippen LogP contribution in [0.4, 0.5) is 0 Å². The molecule has 112 valence electrons. The maximum Gasteiger partial charge on any atom is 0.118 e. The van der Waals surface area contributed by atoms with Crippen LogP contribution in [0.15, 0.2) is 24.3 Å².